The van der Waals surface area contributed by atoms with E-state index in [9.17, 15) is 0 Å². The molecule has 2 heterocycles. The summed E-state index contributed by atoms with van der Waals surface area (Å²) in [6.45, 7) is 5.47. The minimum absolute atomic E-state index is 0.201. The van der Waals surface area contributed by atoms with Crippen molar-refractivity contribution in [3.8, 4) is 5.95 Å². The van der Waals surface area contributed by atoms with Gasteiger partial charge < -0.3 is 15.4 Å². The average molecular weight is 291 g/mol. The lowest BCUT2D eigenvalue weighted by molar-refractivity contribution is 0.191. The molecule has 1 atom stereocenters. The maximum absolute atomic E-state index is 5.08. The van der Waals surface area contributed by atoms with Crippen LogP contribution < -0.4 is 10.6 Å². The van der Waals surface area contributed by atoms with Crippen molar-refractivity contribution in [2.75, 3.05) is 30.9 Å². The Bertz CT molecular complexity index is 543. The van der Waals surface area contributed by atoms with E-state index in [1.807, 2.05) is 13.0 Å². The molecule has 2 aromatic heterocycles. The molecule has 2 aromatic rings. The van der Waals surface area contributed by atoms with Crippen LogP contribution in [0.15, 0.2) is 18.5 Å². The van der Waals surface area contributed by atoms with Crippen LogP contribution in [0.3, 0.4) is 0 Å². The highest BCUT2D eigenvalue weighted by Gasteiger charge is 2.10. The van der Waals surface area contributed by atoms with Gasteiger partial charge in [-0.05, 0) is 26.3 Å². The number of ether oxygens (including phenoxy) is 1. The third kappa shape index (κ3) is 4.38. The molecule has 0 spiro atoms. The van der Waals surface area contributed by atoms with Gasteiger partial charge in [0.25, 0.3) is 5.95 Å². The number of aromatic nitrogens is 5. The first-order valence-electron chi connectivity index (χ1n) is 6.98. The van der Waals surface area contributed by atoms with Crippen LogP contribution in [0.25, 0.3) is 5.95 Å². The standard InChI is InChI=1S/C13H21N7O/c1-4-14-11-17-12(16-10(2)6-9-21-3)19-13(18-11)20-8-5-7-15-20/h5,7-8,10H,4,6,9H2,1-3H3,(H2,14,16,17,18,19). The summed E-state index contributed by atoms with van der Waals surface area (Å²) in [7, 11) is 1.69. The van der Waals surface area contributed by atoms with Crippen molar-refractivity contribution in [1.29, 1.82) is 0 Å². The highest BCUT2D eigenvalue weighted by atomic mass is 16.5. The molecule has 0 radical (unpaired) electrons. The first kappa shape index (κ1) is 15.2. The molecule has 0 aliphatic rings. The zero-order valence-electron chi connectivity index (χ0n) is 12.6. The molecule has 8 nitrogen and oxygen atoms in total. The molecular weight excluding hydrogens is 270 g/mol. The summed E-state index contributed by atoms with van der Waals surface area (Å²) in [5.41, 5.74) is 0. The fourth-order valence-corrected chi connectivity index (χ4v) is 1.74. The lowest BCUT2D eigenvalue weighted by Crippen LogP contribution is -2.20. The normalized spacial score (nSPS) is 12.1. The predicted molar refractivity (Wildman–Crippen MR) is 80.7 cm³/mol. The van der Waals surface area contributed by atoms with Gasteiger partial charge in [0.1, 0.15) is 0 Å². The van der Waals surface area contributed by atoms with Gasteiger partial charge in [-0.1, -0.05) is 0 Å². The zero-order valence-corrected chi connectivity index (χ0v) is 12.6. The quantitative estimate of drug-likeness (QED) is 0.758. The third-order valence-electron chi connectivity index (χ3n) is 2.80. The Balaban J connectivity index is 2.19. The SMILES string of the molecule is CCNc1nc(NC(C)CCOC)nc(-n2cccn2)n1. The van der Waals surface area contributed by atoms with Crippen LogP contribution in [-0.2, 0) is 4.74 Å². The van der Waals surface area contributed by atoms with Gasteiger partial charge in [-0.25, -0.2) is 4.68 Å². The molecule has 0 bridgehead atoms. The van der Waals surface area contributed by atoms with E-state index in [1.54, 1.807) is 24.2 Å². The molecule has 0 aliphatic heterocycles. The van der Waals surface area contributed by atoms with Gasteiger partial charge in [0, 0.05) is 38.7 Å². The van der Waals surface area contributed by atoms with Gasteiger partial charge in [0.05, 0.1) is 0 Å². The summed E-state index contributed by atoms with van der Waals surface area (Å²) in [4.78, 5) is 13.1. The molecule has 114 valence electrons. The van der Waals surface area contributed by atoms with Crippen molar-refractivity contribution in [2.45, 2.75) is 26.3 Å². The number of anilines is 2. The molecule has 8 heteroatoms. The number of nitrogens with zero attached hydrogens (tertiary/aromatic N) is 5. The molecule has 2 N–H and O–H groups in total. The molecule has 0 aliphatic carbocycles. The lowest BCUT2D eigenvalue weighted by atomic mass is 10.2. The summed E-state index contributed by atoms with van der Waals surface area (Å²) in [6.07, 6.45) is 4.35. The van der Waals surface area contributed by atoms with Gasteiger partial charge in [-0.15, -0.1) is 0 Å². The van der Waals surface area contributed by atoms with E-state index in [1.165, 1.54) is 0 Å². The van der Waals surface area contributed by atoms with E-state index in [2.05, 4.69) is 37.6 Å². The van der Waals surface area contributed by atoms with Gasteiger partial charge in [0.2, 0.25) is 11.9 Å². The van der Waals surface area contributed by atoms with Crippen molar-refractivity contribution in [3.63, 3.8) is 0 Å². The van der Waals surface area contributed by atoms with E-state index in [0.717, 1.165) is 13.0 Å². The molecule has 0 saturated heterocycles. The fourth-order valence-electron chi connectivity index (χ4n) is 1.74. The van der Waals surface area contributed by atoms with Crippen LogP contribution in [0.2, 0.25) is 0 Å². The number of methoxy groups -OCH3 is 1. The second kappa shape index (κ2) is 7.53. The third-order valence-corrected chi connectivity index (χ3v) is 2.80. The van der Waals surface area contributed by atoms with E-state index in [-0.39, 0.29) is 6.04 Å². The minimum Gasteiger partial charge on any atom is -0.385 e. The Hall–Kier alpha value is -2.22. The van der Waals surface area contributed by atoms with Crippen LogP contribution in [-0.4, -0.2) is 51.0 Å². The lowest BCUT2D eigenvalue weighted by Gasteiger charge is -2.14. The number of hydrogen-bond donors (Lipinski definition) is 2. The molecule has 0 saturated carbocycles. The maximum Gasteiger partial charge on any atom is 0.257 e. The monoisotopic (exact) mass is 291 g/mol. The molecule has 2 rings (SSSR count). The van der Waals surface area contributed by atoms with Crippen LogP contribution in [0.4, 0.5) is 11.9 Å². The van der Waals surface area contributed by atoms with Crippen LogP contribution in [0, 0.1) is 0 Å². The van der Waals surface area contributed by atoms with Crippen LogP contribution in [0.1, 0.15) is 20.3 Å². The van der Waals surface area contributed by atoms with Crippen molar-refractivity contribution in [3.05, 3.63) is 18.5 Å². The molecule has 0 aromatic carbocycles. The average Bonchev–Trinajstić information content (AvgIpc) is 2.99. The highest BCUT2D eigenvalue weighted by molar-refractivity contribution is 5.38. The van der Waals surface area contributed by atoms with Crippen molar-refractivity contribution in [1.82, 2.24) is 24.7 Å². The van der Waals surface area contributed by atoms with Gasteiger partial charge in [-0.2, -0.15) is 20.1 Å². The number of nitrogens with one attached hydrogen (secondary N) is 2. The molecule has 0 amide bonds. The van der Waals surface area contributed by atoms with Crippen LogP contribution in [0.5, 0.6) is 0 Å². The molecule has 21 heavy (non-hydrogen) atoms. The Morgan fingerprint density at radius 1 is 1.29 bits per heavy atom. The first-order valence-corrected chi connectivity index (χ1v) is 6.98. The van der Waals surface area contributed by atoms with Crippen molar-refractivity contribution >= 4 is 11.9 Å². The number of rotatable bonds is 8. The summed E-state index contributed by atoms with van der Waals surface area (Å²) in [5.74, 6) is 1.53. The minimum atomic E-state index is 0.201. The largest absolute Gasteiger partial charge is 0.385 e. The Kier molecular flexibility index (Phi) is 5.44. The zero-order chi connectivity index (χ0) is 15.1. The van der Waals surface area contributed by atoms with Gasteiger partial charge in [0.15, 0.2) is 0 Å². The Morgan fingerprint density at radius 2 is 2.10 bits per heavy atom. The van der Waals surface area contributed by atoms with E-state index in [4.69, 9.17) is 4.74 Å². The summed E-state index contributed by atoms with van der Waals surface area (Å²) >= 11 is 0. The molecule has 1 unspecified atom stereocenters. The first-order chi connectivity index (χ1) is 10.2. The fraction of sp³-hybridized carbons (Fsp3) is 0.538. The summed E-state index contributed by atoms with van der Waals surface area (Å²) in [5, 5.41) is 10.5. The van der Waals surface area contributed by atoms with Gasteiger partial charge in [-0.3, -0.25) is 0 Å². The van der Waals surface area contributed by atoms with E-state index in [0.29, 0.717) is 24.5 Å². The number of hydrogen-bond acceptors (Lipinski definition) is 7. The van der Waals surface area contributed by atoms with Crippen molar-refractivity contribution < 1.29 is 4.74 Å². The smallest absolute Gasteiger partial charge is 0.257 e. The molecular formula is C13H21N7O. The Morgan fingerprint density at radius 3 is 2.76 bits per heavy atom. The van der Waals surface area contributed by atoms with Crippen LogP contribution >= 0.6 is 0 Å². The maximum atomic E-state index is 5.08. The Labute approximate surface area is 124 Å². The summed E-state index contributed by atoms with van der Waals surface area (Å²) in [6, 6.07) is 2.03. The highest BCUT2D eigenvalue weighted by Crippen LogP contribution is 2.10. The second-order valence-corrected chi connectivity index (χ2v) is 4.59. The van der Waals surface area contributed by atoms with Crippen molar-refractivity contribution in [2.24, 2.45) is 0 Å². The summed E-state index contributed by atoms with van der Waals surface area (Å²) < 4.78 is 6.68. The topological polar surface area (TPSA) is 89.8 Å². The second-order valence-electron chi connectivity index (χ2n) is 4.59. The van der Waals surface area contributed by atoms with E-state index < -0.39 is 0 Å². The molecule has 0 fully saturated rings. The predicted octanol–water partition coefficient (Wildman–Crippen LogP) is 1.33. The van der Waals surface area contributed by atoms with E-state index >= 15 is 0 Å². The van der Waals surface area contributed by atoms with Gasteiger partial charge >= 0.3 is 0 Å².